The Morgan fingerprint density at radius 3 is 2.00 bits per heavy atom. The van der Waals surface area contributed by atoms with Crippen LogP contribution in [0.3, 0.4) is 0 Å². The third-order valence-corrected chi connectivity index (χ3v) is 5.58. The zero-order chi connectivity index (χ0) is 25.3. The van der Waals surface area contributed by atoms with Gasteiger partial charge in [-0.25, -0.2) is 17.6 Å². The number of rotatable bonds is 6. The van der Waals surface area contributed by atoms with Crippen molar-refractivity contribution in [3.05, 3.63) is 82.5 Å². The monoisotopic (exact) mass is 494 g/mol. The molecule has 34 heavy (non-hydrogen) atoms. The van der Waals surface area contributed by atoms with Gasteiger partial charge in [-0.3, -0.25) is 0 Å². The van der Waals surface area contributed by atoms with Gasteiger partial charge in [-0.15, -0.1) is 0 Å². The molecule has 0 heterocycles. The molecule has 2 unspecified atom stereocenters. The molecule has 0 saturated heterocycles. The lowest BCUT2D eigenvalue weighted by Crippen LogP contribution is -2.22. The highest BCUT2D eigenvalue weighted by Crippen LogP contribution is 2.43. The molecule has 0 aliphatic heterocycles. The zero-order valence-corrected chi connectivity index (χ0v) is 17.7. The van der Waals surface area contributed by atoms with E-state index >= 15 is 0 Å². The second-order valence-corrected chi connectivity index (χ2v) is 7.85. The third-order valence-electron chi connectivity index (χ3n) is 5.58. The van der Waals surface area contributed by atoms with Crippen LogP contribution in [0, 0.1) is 17.6 Å². The Balaban J connectivity index is 1.80. The number of hydrogen-bond acceptors (Lipinski definition) is 1. The molecule has 0 fully saturated rings. The number of benzene rings is 2. The van der Waals surface area contributed by atoms with Gasteiger partial charge in [0.25, 0.3) is 0 Å². The molecule has 0 amide bonds. The summed E-state index contributed by atoms with van der Waals surface area (Å²) in [7, 11) is 0. The molecule has 0 bridgehead atoms. The van der Waals surface area contributed by atoms with Crippen molar-refractivity contribution in [3.8, 4) is 5.75 Å². The van der Waals surface area contributed by atoms with Gasteiger partial charge in [-0.05, 0) is 43.0 Å². The number of ether oxygens (including phenoxy) is 1. The van der Waals surface area contributed by atoms with E-state index in [2.05, 4.69) is 4.74 Å². The van der Waals surface area contributed by atoms with Crippen LogP contribution < -0.4 is 4.74 Å². The van der Waals surface area contributed by atoms with Gasteiger partial charge in [0.05, 0.1) is 5.56 Å². The lowest BCUT2D eigenvalue weighted by atomic mass is 9.81. The maximum Gasteiger partial charge on any atom is 0.426 e. The molecule has 1 aliphatic carbocycles. The largest absolute Gasteiger partial charge is 0.429 e. The number of hydrogen-bond donors (Lipinski definition) is 0. The van der Waals surface area contributed by atoms with Crippen LogP contribution in [0.25, 0.3) is 6.08 Å². The van der Waals surface area contributed by atoms with Crippen molar-refractivity contribution in [2.45, 2.75) is 44.4 Å². The smallest absolute Gasteiger partial charge is 0.426 e. The molecule has 184 valence electrons. The van der Waals surface area contributed by atoms with Gasteiger partial charge in [-0.2, -0.15) is 22.0 Å². The van der Waals surface area contributed by atoms with Gasteiger partial charge in [0, 0.05) is 35.6 Å². The van der Waals surface area contributed by atoms with Crippen molar-refractivity contribution >= 4 is 6.08 Å². The van der Waals surface area contributed by atoms with Crippen LogP contribution in [-0.4, -0.2) is 6.18 Å². The molecule has 0 spiro atoms. The third kappa shape index (κ3) is 5.77. The van der Waals surface area contributed by atoms with Gasteiger partial charge >= 0.3 is 12.3 Å². The molecule has 10 heteroatoms. The van der Waals surface area contributed by atoms with Gasteiger partial charge in [0.15, 0.2) is 0 Å². The molecule has 2 aromatic carbocycles. The maximum atomic E-state index is 14.5. The Kier molecular flexibility index (Phi) is 7.38. The van der Waals surface area contributed by atoms with E-state index in [4.69, 9.17) is 0 Å². The van der Waals surface area contributed by atoms with E-state index in [9.17, 15) is 39.5 Å². The fraction of sp³-hybridized carbons (Fsp3) is 0.333. The minimum atomic E-state index is -4.83. The second kappa shape index (κ2) is 9.76. The van der Waals surface area contributed by atoms with Gasteiger partial charge in [-0.1, -0.05) is 19.1 Å². The van der Waals surface area contributed by atoms with Crippen molar-refractivity contribution in [2.75, 3.05) is 0 Å². The molecule has 3 rings (SSSR count). The van der Waals surface area contributed by atoms with Crippen LogP contribution in [-0.2, 0) is 6.11 Å². The minimum absolute atomic E-state index is 0.135. The van der Waals surface area contributed by atoms with E-state index in [1.807, 2.05) is 0 Å². The number of allylic oxidation sites excluding steroid dienone is 3. The molecule has 0 N–H and O–H groups in total. The van der Waals surface area contributed by atoms with Crippen LogP contribution in [0.1, 0.15) is 48.8 Å². The second-order valence-electron chi connectivity index (χ2n) is 7.85. The Bertz CT molecular complexity index is 1060. The van der Waals surface area contributed by atoms with Crippen LogP contribution in [0.2, 0.25) is 0 Å². The van der Waals surface area contributed by atoms with E-state index in [-0.39, 0.29) is 11.6 Å². The summed E-state index contributed by atoms with van der Waals surface area (Å²) < 4.78 is 127. The van der Waals surface area contributed by atoms with Gasteiger partial charge in [0.2, 0.25) is 0 Å². The fourth-order valence-corrected chi connectivity index (χ4v) is 3.75. The van der Waals surface area contributed by atoms with Crippen LogP contribution >= 0.6 is 0 Å². The quantitative estimate of drug-likeness (QED) is 0.365. The van der Waals surface area contributed by atoms with E-state index in [0.29, 0.717) is 31.4 Å². The van der Waals surface area contributed by atoms with E-state index in [1.165, 1.54) is 12.1 Å². The SMILES string of the molecule is CCC1CCC(c2ccc(C(F)(F)Oc3cc(F)c(/C=C/C(F)(F)F)c(F)c3)cc2)C(F)=C1F. The van der Waals surface area contributed by atoms with Gasteiger partial charge in [0.1, 0.15) is 29.0 Å². The first kappa shape index (κ1) is 25.7. The summed E-state index contributed by atoms with van der Waals surface area (Å²) in [6.07, 6.45) is -8.02. The minimum Gasteiger partial charge on any atom is -0.429 e. The zero-order valence-electron chi connectivity index (χ0n) is 17.7. The summed E-state index contributed by atoms with van der Waals surface area (Å²) in [5.74, 6) is -7.21. The number of alkyl halides is 5. The highest BCUT2D eigenvalue weighted by atomic mass is 19.4. The lowest BCUT2D eigenvalue weighted by Gasteiger charge is -2.26. The summed E-state index contributed by atoms with van der Waals surface area (Å²) in [6.45, 7) is 1.74. The van der Waals surface area contributed by atoms with Gasteiger partial charge < -0.3 is 4.74 Å². The Labute approximate surface area is 189 Å². The maximum absolute atomic E-state index is 14.5. The molecule has 2 aromatic rings. The van der Waals surface area contributed by atoms with Crippen molar-refractivity contribution in [2.24, 2.45) is 5.92 Å². The molecule has 0 radical (unpaired) electrons. The predicted molar refractivity (Wildman–Crippen MR) is 107 cm³/mol. The first-order valence-corrected chi connectivity index (χ1v) is 10.3. The Morgan fingerprint density at radius 1 is 0.882 bits per heavy atom. The summed E-state index contributed by atoms with van der Waals surface area (Å²) in [4.78, 5) is 0. The van der Waals surface area contributed by atoms with Crippen LogP contribution in [0.5, 0.6) is 5.75 Å². The van der Waals surface area contributed by atoms with Crippen molar-refractivity contribution < 1.29 is 44.3 Å². The lowest BCUT2D eigenvalue weighted by molar-refractivity contribution is -0.185. The molecular weight excluding hydrogens is 475 g/mol. The molecule has 0 saturated carbocycles. The summed E-state index contributed by atoms with van der Waals surface area (Å²) in [6, 6.07) is 4.86. The standard InChI is InChI=1S/C24H19F9O/c1-2-13-5-8-17(22(28)21(13)27)14-3-6-15(7-4-14)24(32,33)34-16-11-19(25)18(20(26)12-16)9-10-23(29,30)31/h3-4,6-7,9-13,17H,2,5,8H2,1H3/b10-9+. The first-order chi connectivity index (χ1) is 15.8. The topological polar surface area (TPSA) is 9.23 Å². The fourth-order valence-electron chi connectivity index (χ4n) is 3.75. The molecule has 1 nitrogen and oxygen atoms in total. The average molecular weight is 494 g/mol. The van der Waals surface area contributed by atoms with E-state index in [0.717, 1.165) is 12.1 Å². The average Bonchev–Trinajstić information content (AvgIpc) is 2.74. The van der Waals surface area contributed by atoms with Crippen LogP contribution in [0.4, 0.5) is 39.5 Å². The number of halogens is 9. The van der Waals surface area contributed by atoms with E-state index < -0.39 is 70.4 Å². The van der Waals surface area contributed by atoms with Crippen LogP contribution in [0.15, 0.2) is 54.1 Å². The van der Waals surface area contributed by atoms with Crippen molar-refractivity contribution in [1.29, 1.82) is 0 Å². The molecular formula is C24H19F9O. The highest BCUT2D eigenvalue weighted by molar-refractivity contribution is 5.53. The first-order valence-electron chi connectivity index (χ1n) is 10.3. The summed E-state index contributed by atoms with van der Waals surface area (Å²) in [5.41, 5.74) is -1.53. The summed E-state index contributed by atoms with van der Waals surface area (Å²) in [5, 5.41) is 0. The predicted octanol–water partition coefficient (Wildman–Crippen LogP) is 8.72. The van der Waals surface area contributed by atoms with Crippen molar-refractivity contribution in [3.63, 3.8) is 0 Å². The molecule has 2 atom stereocenters. The molecule has 0 aromatic heterocycles. The Morgan fingerprint density at radius 2 is 1.47 bits per heavy atom. The van der Waals surface area contributed by atoms with E-state index in [1.54, 1.807) is 6.92 Å². The highest BCUT2D eigenvalue weighted by Gasteiger charge is 2.36. The normalized spacial score (nSPS) is 19.7. The summed E-state index contributed by atoms with van der Waals surface area (Å²) >= 11 is 0. The molecule has 1 aliphatic rings. The van der Waals surface area contributed by atoms with Crippen molar-refractivity contribution in [1.82, 2.24) is 0 Å². The Hall–Kier alpha value is -2.91.